The molecule has 0 saturated carbocycles. The van der Waals surface area contributed by atoms with Gasteiger partial charge in [-0.2, -0.15) is 5.10 Å². The van der Waals surface area contributed by atoms with Gasteiger partial charge in [-0.1, -0.05) is 20.8 Å². The first kappa shape index (κ1) is 14.7. The minimum absolute atomic E-state index is 0.165. The minimum atomic E-state index is -0.269. The van der Waals surface area contributed by atoms with Crippen molar-refractivity contribution in [3.8, 4) is 0 Å². The summed E-state index contributed by atoms with van der Waals surface area (Å²) in [5.74, 6) is 0.242. The second kappa shape index (κ2) is 5.72. The monoisotopic (exact) mass is 293 g/mol. The van der Waals surface area contributed by atoms with Crippen LogP contribution in [0.2, 0.25) is 0 Å². The fourth-order valence-corrected chi connectivity index (χ4v) is 2.43. The van der Waals surface area contributed by atoms with Crippen LogP contribution in [0.1, 0.15) is 42.0 Å². The zero-order valence-electron chi connectivity index (χ0n) is 11.9. The number of nitrogens with two attached hydrogens (primary N) is 1. The van der Waals surface area contributed by atoms with Gasteiger partial charge in [0.05, 0.1) is 0 Å². The Labute approximate surface area is 121 Å². The van der Waals surface area contributed by atoms with E-state index >= 15 is 0 Å². The first-order valence-electron chi connectivity index (χ1n) is 6.37. The molecule has 0 bridgehead atoms. The third kappa shape index (κ3) is 3.88. The van der Waals surface area contributed by atoms with Crippen LogP contribution >= 0.6 is 11.3 Å². The molecule has 2 rings (SSSR count). The van der Waals surface area contributed by atoms with Crippen molar-refractivity contribution in [3.05, 3.63) is 27.8 Å². The molecular formula is C13H19N5OS. The lowest BCUT2D eigenvalue weighted by Crippen LogP contribution is -2.13. The van der Waals surface area contributed by atoms with Gasteiger partial charge in [-0.25, -0.2) is 4.98 Å². The van der Waals surface area contributed by atoms with E-state index in [2.05, 4.69) is 41.3 Å². The van der Waals surface area contributed by atoms with Gasteiger partial charge in [0.1, 0.15) is 10.7 Å². The largest absolute Gasteiger partial charge is 0.325 e. The number of amides is 1. The molecule has 7 heteroatoms. The number of hydrogen-bond donors (Lipinski definition) is 3. The van der Waals surface area contributed by atoms with Crippen molar-refractivity contribution in [1.82, 2.24) is 15.2 Å². The second-order valence-corrected chi connectivity index (χ2v) is 6.74. The maximum atomic E-state index is 12.0. The van der Waals surface area contributed by atoms with Gasteiger partial charge in [0.2, 0.25) is 0 Å². The Balaban J connectivity index is 2.01. The number of aromatic amines is 1. The standard InChI is InChI=1S/C13H19N5OS/c1-13(2,3)5-8-4-10(18-17-8)16-12(19)9-7-20-11(6-14)15-9/h4,7H,5-6,14H2,1-3H3,(H2,16,17,18,19). The second-order valence-electron chi connectivity index (χ2n) is 5.80. The number of H-pyrrole nitrogens is 1. The van der Waals surface area contributed by atoms with Crippen LogP contribution in [-0.2, 0) is 13.0 Å². The van der Waals surface area contributed by atoms with Crippen molar-refractivity contribution in [2.24, 2.45) is 11.1 Å². The van der Waals surface area contributed by atoms with E-state index < -0.39 is 0 Å². The van der Waals surface area contributed by atoms with Crippen molar-refractivity contribution in [3.63, 3.8) is 0 Å². The summed E-state index contributed by atoms with van der Waals surface area (Å²) in [7, 11) is 0. The van der Waals surface area contributed by atoms with Gasteiger partial charge in [0, 0.05) is 23.7 Å². The molecule has 20 heavy (non-hydrogen) atoms. The number of aromatic nitrogens is 3. The predicted molar refractivity (Wildman–Crippen MR) is 79.7 cm³/mol. The molecule has 1 amide bonds. The summed E-state index contributed by atoms with van der Waals surface area (Å²) >= 11 is 1.38. The summed E-state index contributed by atoms with van der Waals surface area (Å²) < 4.78 is 0. The Morgan fingerprint density at radius 3 is 2.85 bits per heavy atom. The summed E-state index contributed by atoms with van der Waals surface area (Å²) in [5, 5.41) is 12.2. The summed E-state index contributed by atoms with van der Waals surface area (Å²) in [6.07, 6.45) is 0.865. The topological polar surface area (TPSA) is 96.7 Å². The number of carbonyl (C=O) groups is 1. The molecule has 2 aromatic rings. The van der Waals surface area contributed by atoms with Gasteiger partial charge < -0.3 is 11.1 Å². The normalized spacial score (nSPS) is 11.6. The van der Waals surface area contributed by atoms with E-state index in [0.29, 0.717) is 18.1 Å². The van der Waals surface area contributed by atoms with Crippen molar-refractivity contribution < 1.29 is 4.79 Å². The molecular weight excluding hydrogens is 274 g/mol. The van der Waals surface area contributed by atoms with E-state index in [9.17, 15) is 4.79 Å². The lowest BCUT2D eigenvalue weighted by molar-refractivity contribution is 0.102. The summed E-state index contributed by atoms with van der Waals surface area (Å²) in [6, 6.07) is 1.85. The molecule has 0 aliphatic carbocycles. The first-order valence-corrected chi connectivity index (χ1v) is 7.25. The summed E-state index contributed by atoms with van der Waals surface area (Å²) in [6.45, 7) is 6.79. The summed E-state index contributed by atoms with van der Waals surface area (Å²) in [4.78, 5) is 16.1. The molecule has 108 valence electrons. The van der Waals surface area contributed by atoms with Gasteiger partial charge in [-0.3, -0.25) is 9.89 Å². The molecule has 0 aliphatic heterocycles. The van der Waals surface area contributed by atoms with E-state index in [0.717, 1.165) is 17.1 Å². The van der Waals surface area contributed by atoms with Gasteiger partial charge in [-0.05, 0) is 11.8 Å². The van der Waals surface area contributed by atoms with Crippen molar-refractivity contribution in [2.45, 2.75) is 33.7 Å². The lowest BCUT2D eigenvalue weighted by Gasteiger charge is -2.15. The number of nitrogens with one attached hydrogen (secondary N) is 2. The third-order valence-corrected chi connectivity index (χ3v) is 3.42. The van der Waals surface area contributed by atoms with E-state index in [-0.39, 0.29) is 11.3 Å². The van der Waals surface area contributed by atoms with Crippen LogP contribution in [0.3, 0.4) is 0 Å². The molecule has 0 saturated heterocycles. The highest BCUT2D eigenvalue weighted by molar-refractivity contribution is 7.09. The highest BCUT2D eigenvalue weighted by Gasteiger charge is 2.15. The smallest absolute Gasteiger partial charge is 0.276 e. The molecule has 2 heterocycles. The van der Waals surface area contributed by atoms with Crippen LogP contribution < -0.4 is 11.1 Å². The lowest BCUT2D eigenvalue weighted by atomic mass is 9.91. The molecule has 0 atom stereocenters. The Morgan fingerprint density at radius 1 is 1.50 bits per heavy atom. The van der Waals surface area contributed by atoms with Gasteiger partial charge in [0.25, 0.3) is 5.91 Å². The maximum absolute atomic E-state index is 12.0. The first-order chi connectivity index (χ1) is 9.37. The molecule has 4 N–H and O–H groups in total. The highest BCUT2D eigenvalue weighted by Crippen LogP contribution is 2.20. The average Bonchev–Trinajstić information content (AvgIpc) is 2.96. The van der Waals surface area contributed by atoms with Gasteiger partial charge in [0.15, 0.2) is 5.82 Å². The SMILES string of the molecule is CC(C)(C)Cc1cc(NC(=O)c2csc(CN)n2)n[nH]1. The molecule has 6 nitrogen and oxygen atoms in total. The average molecular weight is 293 g/mol. The van der Waals surface area contributed by atoms with Crippen LogP contribution in [0.15, 0.2) is 11.4 Å². The van der Waals surface area contributed by atoms with Crippen LogP contribution in [-0.4, -0.2) is 21.1 Å². The number of rotatable bonds is 4. The van der Waals surface area contributed by atoms with Crippen LogP contribution in [0.4, 0.5) is 5.82 Å². The fourth-order valence-electron chi connectivity index (χ4n) is 1.78. The van der Waals surface area contributed by atoms with Crippen LogP contribution in [0.5, 0.6) is 0 Å². The predicted octanol–water partition coefficient (Wildman–Crippen LogP) is 2.17. The molecule has 0 spiro atoms. The Morgan fingerprint density at radius 2 is 2.25 bits per heavy atom. The third-order valence-electron chi connectivity index (χ3n) is 2.55. The molecule has 0 unspecified atom stereocenters. The van der Waals surface area contributed by atoms with Crippen LogP contribution in [0, 0.1) is 5.41 Å². The minimum Gasteiger partial charge on any atom is -0.325 e. The quantitative estimate of drug-likeness (QED) is 0.804. The fraction of sp³-hybridized carbons (Fsp3) is 0.462. The Hall–Kier alpha value is -1.73. The number of thiazole rings is 1. The molecule has 0 radical (unpaired) electrons. The van der Waals surface area contributed by atoms with Crippen molar-refractivity contribution >= 4 is 23.1 Å². The van der Waals surface area contributed by atoms with Gasteiger partial charge >= 0.3 is 0 Å². The Kier molecular flexibility index (Phi) is 4.20. The van der Waals surface area contributed by atoms with E-state index in [4.69, 9.17) is 5.73 Å². The number of hydrogen-bond acceptors (Lipinski definition) is 5. The van der Waals surface area contributed by atoms with E-state index in [1.807, 2.05) is 6.07 Å². The summed E-state index contributed by atoms with van der Waals surface area (Å²) in [5.41, 5.74) is 7.01. The number of nitrogens with zero attached hydrogens (tertiary/aromatic N) is 2. The number of carbonyl (C=O) groups excluding carboxylic acids is 1. The Bertz CT molecular complexity index is 596. The van der Waals surface area contributed by atoms with Crippen molar-refractivity contribution in [2.75, 3.05) is 5.32 Å². The van der Waals surface area contributed by atoms with Gasteiger partial charge in [-0.15, -0.1) is 11.3 Å². The zero-order valence-corrected chi connectivity index (χ0v) is 12.7. The molecule has 0 fully saturated rings. The molecule has 0 aliphatic rings. The molecule has 2 aromatic heterocycles. The van der Waals surface area contributed by atoms with E-state index in [1.54, 1.807) is 5.38 Å². The number of anilines is 1. The molecule has 0 aromatic carbocycles. The van der Waals surface area contributed by atoms with Crippen molar-refractivity contribution in [1.29, 1.82) is 0 Å². The zero-order chi connectivity index (χ0) is 14.8. The van der Waals surface area contributed by atoms with E-state index in [1.165, 1.54) is 11.3 Å². The highest BCUT2D eigenvalue weighted by atomic mass is 32.1. The maximum Gasteiger partial charge on any atom is 0.276 e. The van der Waals surface area contributed by atoms with Crippen LogP contribution in [0.25, 0.3) is 0 Å².